The third-order valence-electron chi connectivity index (χ3n) is 3.34. The van der Waals surface area contributed by atoms with Crippen molar-refractivity contribution in [2.24, 2.45) is 0 Å². The Morgan fingerprint density at radius 2 is 1.90 bits per heavy atom. The number of hydrogen-bond donors (Lipinski definition) is 3. The number of hydrogen-bond acceptors (Lipinski definition) is 3. The fourth-order valence-electron chi connectivity index (χ4n) is 2.22. The van der Waals surface area contributed by atoms with E-state index in [0.29, 0.717) is 13.0 Å². The maximum atomic E-state index is 12.3. The highest BCUT2D eigenvalue weighted by Gasteiger charge is 2.42. The van der Waals surface area contributed by atoms with Gasteiger partial charge in [0.1, 0.15) is 0 Å². The van der Waals surface area contributed by atoms with Crippen LogP contribution < -0.4 is 10.6 Å². The van der Waals surface area contributed by atoms with Gasteiger partial charge in [-0.25, -0.2) is 4.79 Å². The van der Waals surface area contributed by atoms with E-state index in [1.807, 2.05) is 5.32 Å². The van der Waals surface area contributed by atoms with Crippen LogP contribution in [0.15, 0.2) is 0 Å². The molecular formula is C12H20F3N3O3. The van der Waals surface area contributed by atoms with Gasteiger partial charge in [0.05, 0.1) is 0 Å². The van der Waals surface area contributed by atoms with Crippen LogP contribution in [-0.2, 0) is 4.79 Å². The molecule has 2 amide bonds. The molecule has 0 saturated carbocycles. The second kappa shape index (κ2) is 6.08. The normalized spacial score (nSPS) is 23.0. The van der Waals surface area contributed by atoms with Gasteiger partial charge in [0.2, 0.25) is 0 Å². The Kier molecular flexibility index (Phi) is 5.08. The Labute approximate surface area is 120 Å². The SMILES string of the molecule is CC(C)(C)N(C[C@H]1NCC[C@H]1NC(=O)C(F)(F)F)C(=O)O. The molecule has 21 heavy (non-hydrogen) atoms. The molecule has 0 aromatic carbocycles. The molecule has 1 aliphatic heterocycles. The van der Waals surface area contributed by atoms with Crippen LogP contribution in [-0.4, -0.2) is 58.9 Å². The molecule has 0 aromatic rings. The molecule has 1 saturated heterocycles. The Morgan fingerprint density at radius 1 is 1.33 bits per heavy atom. The van der Waals surface area contributed by atoms with Crippen LogP contribution in [0.1, 0.15) is 27.2 Å². The van der Waals surface area contributed by atoms with Crippen LogP contribution in [0.5, 0.6) is 0 Å². The zero-order chi connectivity index (χ0) is 16.4. The number of nitrogens with one attached hydrogen (secondary N) is 2. The first kappa shape index (κ1) is 17.5. The number of halogens is 3. The van der Waals surface area contributed by atoms with E-state index in [4.69, 9.17) is 0 Å². The standard InChI is InChI=1S/C12H20F3N3O3/c1-11(2,3)18(10(20)21)6-8-7(4-5-16-8)17-9(19)12(13,14)15/h7-8,16H,4-6H2,1-3H3,(H,17,19)(H,20,21)/t7-,8-/m1/s1. The fraction of sp³-hybridized carbons (Fsp3) is 0.833. The van der Waals surface area contributed by atoms with Gasteiger partial charge in [-0.05, 0) is 33.7 Å². The van der Waals surface area contributed by atoms with E-state index in [-0.39, 0.29) is 6.54 Å². The summed E-state index contributed by atoms with van der Waals surface area (Å²) >= 11 is 0. The highest BCUT2D eigenvalue weighted by atomic mass is 19.4. The molecule has 0 aliphatic carbocycles. The monoisotopic (exact) mass is 311 g/mol. The van der Waals surface area contributed by atoms with E-state index >= 15 is 0 Å². The summed E-state index contributed by atoms with van der Waals surface area (Å²) in [6.07, 6.45) is -5.77. The first-order chi connectivity index (χ1) is 9.43. The Balaban J connectivity index is 2.73. The predicted molar refractivity (Wildman–Crippen MR) is 68.9 cm³/mol. The summed E-state index contributed by atoms with van der Waals surface area (Å²) in [5.41, 5.74) is -0.686. The Bertz CT molecular complexity index is 407. The van der Waals surface area contributed by atoms with E-state index in [0.717, 1.165) is 4.90 Å². The zero-order valence-electron chi connectivity index (χ0n) is 12.1. The van der Waals surface area contributed by atoms with Crippen LogP contribution in [0.25, 0.3) is 0 Å². The lowest BCUT2D eigenvalue weighted by atomic mass is 10.0. The first-order valence-electron chi connectivity index (χ1n) is 6.54. The second-order valence-corrected chi connectivity index (χ2v) is 5.99. The van der Waals surface area contributed by atoms with E-state index in [1.54, 1.807) is 20.8 Å². The van der Waals surface area contributed by atoms with E-state index in [1.165, 1.54) is 0 Å². The highest BCUT2D eigenvalue weighted by molar-refractivity contribution is 5.82. The second-order valence-electron chi connectivity index (χ2n) is 5.99. The van der Waals surface area contributed by atoms with Gasteiger partial charge in [-0.3, -0.25) is 4.79 Å². The van der Waals surface area contributed by atoms with Gasteiger partial charge in [-0.2, -0.15) is 13.2 Å². The molecule has 1 heterocycles. The maximum absolute atomic E-state index is 12.3. The molecule has 2 atom stereocenters. The summed E-state index contributed by atoms with van der Waals surface area (Å²) < 4.78 is 36.8. The third kappa shape index (κ3) is 4.76. The van der Waals surface area contributed by atoms with Crippen molar-refractivity contribution in [3.63, 3.8) is 0 Å². The number of carboxylic acid groups (broad SMARTS) is 1. The van der Waals surface area contributed by atoms with Gasteiger partial charge in [0.15, 0.2) is 0 Å². The van der Waals surface area contributed by atoms with Crippen LogP contribution in [0.3, 0.4) is 0 Å². The smallest absolute Gasteiger partial charge is 0.465 e. The van der Waals surface area contributed by atoms with Crippen LogP contribution in [0.4, 0.5) is 18.0 Å². The molecule has 6 nitrogen and oxygen atoms in total. The first-order valence-corrected chi connectivity index (χ1v) is 6.54. The average Bonchev–Trinajstić information content (AvgIpc) is 2.69. The van der Waals surface area contributed by atoms with Crippen molar-refractivity contribution in [1.82, 2.24) is 15.5 Å². The van der Waals surface area contributed by atoms with Crippen LogP contribution in [0.2, 0.25) is 0 Å². The van der Waals surface area contributed by atoms with Gasteiger partial charge < -0.3 is 20.6 Å². The van der Waals surface area contributed by atoms with Crippen molar-refractivity contribution < 1.29 is 27.9 Å². The summed E-state index contributed by atoms with van der Waals surface area (Å²) in [5, 5.41) is 14.0. The van der Waals surface area contributed by atoms with Crippen LogP contribution in [0, 0.1) is 0 Å². The summed E-state index contributed by atoms with van der Waals surface area (Å²) in [6, 6.07) is -1.30. The van der Waals surface area contributed by atoms with Crippen molar-refractivity contribution in [2.75, 3.05) is 13.1 Å². The summed E-state index contributed by atoms with van der Waals surface area (Å²) in [7, 11) is 0. The van der Waals surface area contributed by atoms with Gasteiger partial charge in [0.25, 0.3) is 0 Å². The summed E-state index contributed by atoms with van der Waals surface area (Å²) in [4.78, 5) is 23.4. The van der Waals surface area contributed by atoms with Crippen molar-refractivity contribution in [1.29, 1.82) is 0 Å². The largest absolute Gasteiger partial charge is 0.471 e. The molecule has 0 aromatic heterocycles. The average molecular weight is 311 g/mol. The van der Waals surface area contributed by atoms with Gasteiger partial charge >= 0.3 is 18.2 Å². The Morgan fingerprint density at radius 3 is 2.33 bits per heavy atom. The lowest BCUT2D eigenvalue weighted by Crippen LogP contribution is -2.56. The molecule has 9 heteroatoms. The van der Waals surface area contributed by atoms with Gasteiger partial charge in [-0.1, -0.05) is 0 Å². The minimum absolute atomic E-state index is 0.00162. The van der Waals surface area contributed by atoms with E-state index < -0.39 is 35.8 Å². The minimum atomic E-state index is -4.94. The predicted octanol–water partition coefficient (Wildman–Crippen LogP) is 1.17. The quantitative estimate of drug-likeness (QED) is 0.731. The number of carbonyl (C=O) groups is 2. The minimum Gasteiger partial charge on any atom is -0.465 e. The zero-order valence-corrected chi connectivity index (χ0v) is 12.1. The topological polar surface area (TPSA) is 81.7 Å². The van der Waals surface area contributed by atoms with Gasteiger partial charge in [-0.15, -0.1) is 0 Å². The molecule has 1 aliphatic rings. The van der Waals surface area contributed by atoms with Crippen molar-refractivity contribution in [3.8, 4) is 0 Å². The van der Waals surface area contributed by atoms with Gasteiger partial charge in [0, 0.05) is 24.2 Å². The maximum Gasteiger partial charge on any atom is 0.471 e. The third-order valence-corrected chi connectivity index (χ3v) is 3.34. The lowest BCUT2D eigenvalue weighted by Gasteiger charge is -2.36. The molecular weight excluding hydrogens is 291 g/mol. The highest BCUT2D eigenvalue weighted by Crippen LogP contribution is 2.19. The lowest BCUT2D eigenvalue weighted by molar-refractivity contribution is -0.174. The molecule has 0 unspecified atom stereocenters. The van der Waals surface area contributed by atoms with E-state index in [9.17, 15) is 27.9 Å². The summed E-state index contributed by atoms with van der Waals surface area (Å²) in [5.74, 6) is -2.00. The molecule has 0 spiro atoms. The number of carbonyl (C=O) groups excluding carboxylic acids is 1. The van der Waals surface area contributed by atoms with Crippen molar-refractivity contribution in [2.45, 2.75) is 51.0 Å². The molecule has 1 rings (SSSR count). The van der Waals surface area contributed by atoms with Crippen LogP contribution >= 0.6 is 0 Å². The molecule has 3 N–H and O–H groups in total. The molecule has 122 valence electrons. The molecule has 1 fully saturated rings. The number of rotatable bonds is 3. The summed E-state index contributed by atoms with van der Waals surface area (Å²) in [6.45, 7) is 5.50. The molecule has 0 radical (unpaired) electrons. The number of amides is 2. The molecule has 0 bridgehead atoms. The fourth-order valence-corrected chi connectivity index (χ4v) is 2.22. The van der Waals surface area contributed by atoms with Crippen molar-refractivity contribution in [3.05, 3.63) is 0 Å². The van der Waals surface area contributed by atoms with E-state index in [2.05, 4.69) is 5.32 Å². The number of nitrogens with zero attached hydrogens (tertiary/aromatic N) is 1. The van der Waals surface area contributed by atoms with Crippen molar-refractivity contribution >= 4 is 12.0 Å². The Hall–Kier alpha value is -1.51. The number of alkyl halides is 3.